The second-order valence-electron chi connectivity index (χ2n) is 9.17. The van der Waals surface area contributed by atoms with Gasteiger partial charge in [0.05, 0.1) is 10.6 Å². The van der Waals surface area contributed by atoms with Crippen molar-refractivity contribution in [3.05, 3.63) is 87.8 Å². The molecule has 5 nitrogen and oxygen atoms in total. The molecule has 0 fully saturated rings. The van der Waals surface area contributed by atoms with Gasteiger partial charge in [-0.2, -0.15) is 13.2 Å². The van der Waals surface area contributed by atoms with Gasteiger partial charge in [-0.1, -0.05) is 49.6 Å². The quantitative estimate of drug-likeness (QED) is 0.228. The number of halogens is 4. The first-order valence-electron chi connectivity index (χ1n) is 11.6. The third-order valence-corrected chi connectivity index (χ3v) is 6.57. The Kier molecular flexibility index (Phi) is 8.03. The molecule has 0 amide bonds. The van der Waals surface area contributed by atoms with E-state index in [9.17, 15) is 27.6 Å². The van der Waals surface area contributed by atoms with Crippen LogP contribution in [-0.4, -0.2) is 23.1 Å². The molecule has 0 radical (unpaired) electrons. The molecule has 0 unspecified atom stereocenters. The van der Waals surface area contributed by atoms with Gasteiger partial charge in [-0.3, -0.25) is 14.4 Å². The minimum absolute atomic E-state index is 0.00253. The molecule has 2 aliphatic rings. The van der Waals surface area contributed by atoms with Crippen LogP contribution in [0.3, 0.4) is 0 Å². The van der Waals surface area contributed by atoms with Crippen molar-refractivity contribution < 1.29 is 32.3 Å². The Morgan fingerprint density at radius 2 is 1.78 bits per heavy atom. The maximum Gasteiger partial charge on any atom is 0.416 e. The van der Waals surface area contributed by atoms with Crippen molar-refractivity contribution in [3.8, 4) is 0 Å². The lowest BCUT2D eigenvalue weighted by Crippen LogP contribution is -2.52. The number of anilines is 1. The SMILES string of the molecule is CC[C@H](C)/C=C(C)/C=C/C1=CC2=C(Cl)C(=O)[C@](C)(OC(C)=O)C(=O)C2=CN1c1ccc(C(F)(F)F)cc1. The number of ether oxygens (including phenoxy) is 1. The fourth-order valence-corrected chi connectivity index (χ4v) is 4.34. The number of fused-ring (bicyclic) bond motifs is 1. The zero-order valence-corrected chi connectivity index (χ0v) is 21.8. The highest BCUT2D eigenvalue weighted by Gasteiger charge is 2.52. The van der Waals surface area contributed by atoms with Crippen molar-refractivity contribution >= 4 is 34.8 Å². The predicted octanol–water partition coefficient (Wildman–Crippen LogP) is 6.81. The van der Waals surface area contributed by atoms with Crippen LogP contribution in [-0.2, 0) is 25.3 Å². The maximum absolute atomic E-state index is 13.4. The highest BCUT2D eigenvalue weighted by molar-refractivity contribution is 6.49. The molecule has 1 aliphatic heterocycles. The van der Waals surface area contributed by atoms with Crippen LogP contribution in [0.1, 0.15) is 46.6 Å². The number of esters is 1. The van der Waals surface area contributed by atoms with Crippen molar-refractivity contribution in [3.63, 3.8) is 0 Å². The van der Waals surface area contributed by atoms with Crippen molar-refractivity contribution in [2.45, 2.75) is 52.8 Å². The monoisotopic (exact) mass is 533 g/mol. The number of Topliss-reactive ketones (excluding diaryl/α,β-unsaturated/α-hetero) is 2. The largest absolute Gasteiger partial charge is 0.443 e. The number of hydrogen-bond acceptors (Lipinski definition) is 5. The molecule has 2 atom stereocenters. The molecule has 0 bridgehead atoms. The number of carbonyl (C=O) groups excluding carboxylic acids is 3. The summed E-state index contributed by atoms with van der Waals surface area (Å²) >= 11 is 6.38. The summed E-state index contributed by atoms with van der Waals surface area (Å²) in [5.74, 6) is -2.13. The molecule has 0 spiro atoms. The maximum atomic E-state index is 13.4. The molecule has 0 N–H and O–H groups in total. The lowest BCUT2D eigenvalue weighted by Gasteiger charge is -2.35. The van der Waals surface area contributed by atoms with Crippen LogP contribution in [0.25, 0.3) is 0 Å². The van der Waals surface area contributed by atoms with E-state index in [2.05, 4.69) is 19.9 Å². The number of benzene rings is 1. The lowest BCUT2D eigenvalue weighted by atomic mass is 9.79. The second kappa shape index (κ2) is 10.5. The Morgan fingerprint density at radius 1 is 1.16 bits per heavy atom. The average molecular weight is 534 g/mol. The first-order valence-corrected chi connectivity index (χ1v) is 12.0. The van der Waals surface area contributed by atoms with Gasteiger partial charge in [-0.05, 0) is 56.2 Å². The van der Waals surface area contributed by atoms with Gasteiger partial charge in [0.1, 0.15) is 0 Å². The van der Waals surface area contributed by atoms with Gasteiger partial charge in [0.25, 0.3) is 0 Å². The molecular formula is C28H27ClF3NO4. The van der Waals surface area contributed by atoms with Crippen LogP contribution in [0.4, 0.5) is 18.9 Å². The first kappa shape index (κ1) is 28.2. The van der Waals surface area contributed by atoms with E-state index in [1.54, 1.807) is 6.08 Å². The molecule has 9 heteroatoms. The smallest absolute Gasteiger partial charge is 0.416 e. The first-order chi connectivity index (χ1) is 17.2. The van der Waals surface area contributed by atoms with Gasteiger partial charge in [0.15, 0.2) is 0 Å². The van der Waals surface area contributed by atoms with Crippen molar-refractivity contribution in [1.29, 1.82) is 0 Å². The van der Waals surface area contributed by atoms with Gasteiger partial charge in [0.2, 0.25) is 17.2 Å². The fraction of sp³-hybridized carbons (Fsp3) is 0.321. The summed E-state index contributed by atoms with van der Waals surface area (Å²) in [6, 6.07) is 4.44. The summed E-state index contributed by atoms with van der Waals surface area (Å²) in [6.07, 6.45) is 4.99. The van der Waals surface area contributed by atoms with Crippen LogP contribution in [0.15, 0.2) is 82.2 Å². The zero-order valence-electron chi connectivity index (χ0n) is 21.1. The van der Waals surface area contributed by atoms with E-state index in [0.29, 0.717) is 17.3 Å². The van der Waals surface area contributed by atoms with E-state index < -0.39 is 34.9 Å². The molecule has 0 aromatic heterocycles. The molecule has 1 heterocycles. The number of ketones is 2. The number of hydrogen-bond donors (Lipinski definition) is 0. The molecule has 0 saturated carbocycles. The summed E-state index contributed by atoms with van der Waals surface area (Å²) in [4.78, 5) is 39.5. The van der Waals surface area contributed by atoms with Gasteiger partial charge in [-0.15, -0.1) is 0 Å². The van der Waals surface area contributed by atoms with Crippen molar-refractivity contribution in [2.24, 2.45) is 5.92 Å². The number of nitrogens with zero attached hydrogens (tertiary/aromatic N) is 1. The standard InChI is InChI=1S/C28H27ClF3NO4/c1-6-16(2)13-17(3)7-10-21-14-22-23(25(35)27(5,37-18(4)34)26(36)24(22)29)15-33(21)20-11-8-19(9-12-20)28(30,31)32/h7-16H,6H2,1-5H3/b10-7+,17-13+/t16-,27+/m0/s1. The summed E-state index contributed by atoms with van der Waals surface area (Å²) < 4.78 is 44.5. The minimum Gasteiger partial charge on any atom is -0.443 e. The summed E-state index contributed by atoms with van der Waals surface area (Å²) in [6.45, 7) is 8.30. The fourth-order valence-electron chi connectivity index (χ4n) is 4.00. The Labute approximate surface area is 218 Å². The Morgan fingerprint density at radius 3 is 2.32 bits per heavy atom. The topological polar surface area (TPSA) is 63.7 Å². The van der Waals surface area contributed by atoms with E-state index in [1.807, 2.05) is 13.0 Å². The predicted molar refractivity (Wildman–Crippen MR) is 136 cm³/mol. The molecule has 3 rings (SSSR count). The molecular weight excluding hydrogens is 507 g/mol. The number of carbonyl (C=O) groups is 3. The average Bonchev–Trinajstić information content (AvgIpc) is 2.83. The molecule has 37 heavy (non-hydrogen) atoms. The van der Waals surface area contributed by atoms with Crippen LogP contribution >= 0.6 is 11.6 Å². The van der Waals surface area contributed by atoms with E-state index in [1.165, 1.54) is 36.2 Å². The summed E-state index contributed by atoms with van der Waals surface area (Å²) in [5.41, 5.74) is -1.07. The Balaban J connectivity index is 2.17. The minimum atomic E-state index is -4.51. The lowest BCUT2D eigenvalue weighted by molar-refractivity contribution is -0.167. The van der Waals surface area contributed by atoms with Gasteiger partial charge < -0.3 is 9.64 Å². The van der Waals surface area contributed by atoms with Gasteiger partial charge >= 0.3 is 12.1 Å². The van der Waals surface area contributed by atoms with Crippen molar-refractivity contribution in [2.75, 3.05) is 4.90 Å². The highest BCUT2D eigenvalue weighted by atomic mass is 35.5. The molecule has 1 aromatic rings. The van der Waals surface area contributed by atoms with E-state index in [4.69, 9.17) is 16.3 Å². The van der Waals surface area contributed by atoms with Gasteiger partial charge in [0, 0.05) is 35.7 Å². The van der Waals surface area contributed by atoms with Crippen LogP contribution < -0.4 is 4.90 Å². The summed E-state index contributed by atoms with van der Waals surface area (Å²) in [5, 5.41) is -0.278. The van der Waals surface area contributed by atoms with Crippen LogP contribution in [0, 0.1) is 5.92 Å². The molecule has 196 valence electrons. The number of alkyl halides is 3. The normalized spacial score (nSPS) is 21.6. The van der Waals surface area contributed by atoms with E-state index >= 15 is 0 Å². The summed E-state index contributed by atoms with van der Waals surface area (Å²) in [7, 11) is 0. The Hall–Kier alpha value is -3.39. The molecule has 1 aromatic carbocycles. The van der Waals surface area contributed by atoms with E-state index in [-0.39, 0.29) is 16.2 Å². The molecule has 1 aliphatic carbocycles. The third kappa shape index (κ3) is 5.80. The highest BCUT2D eigenvalue weighted by Crippen LogP contribution is 2.41. The third-order valence-electron chi connectivity index (χ3n) is 6.19. The Bertz CT molecular complexity index is 1290. The van der Waals surface area contributed by atoms with Crippen LogP contribution in [0.2, 0.25) is 0 Å². The van der Waals surface area contributed by atoms with E-state index in [0.717, 1.165) is 31.1 Å². The van der Waals surface area contributed by atoms with Crippen molar-refractivity contribution in [1.82, 2.24) is 0 Å². The number of rotatable bonds is 6. The number of allylic oxidation sites excluding steroid dienone is 6. The zero-order chi connectivity index (χ0) is 27.7. The second-order valence-corrected chi connectivity index (χ2v) is 9.55. The van der Waals surface area contributed by atoms with Crippen LogP contribution in [0.5, 0.6) is 0 Å². The van der Waals surface area contributed by atoms with Gasteiger partial charge in [-0.25, -0.2) is 0 Å². The molecule has 0 saturated heterocycles.